The largest absolute Gasteiger partial charge is 0.285 e. The molecule has 1 N–H and O–H groups in total. The number of nitrogens with zero attached hydrogens (tertiary/aromatic N) is 1. The third-order valence-corrected chi connectivity index (χ3v) is 3.57. The molecule has 74 valence electrons. The van der Waals surface area contributed by atoms with E-state index in [4.69, 9.17) is 0 Å². The lowest BCUT2D eigenvalue weighted by atomic mass is 9.93. The van der Waals surface area contributed by atoms with Gasteiger partial charge in [-0.2, -0.15) is 0 Å². The molecule has 1 unspecified atom stereocenters. The average Bonchev–Trinajstić information content (AvgIpc) is 2.20. The molecule has 1 aliphatic carbocycles. The zero-order chi connectivity index (χ0) is 9.15. The lowest BCUT2D eigenvalue weighted by Crippen LogP contribution is -2.55. The molecule has 1 atom stereocenters. The van der Waals surface area contributed by atoms with Crippen LogP contribution in [0.2, 0.25) is 0 Å². The molecule has 2 aliphatic rings. The van der Waals surface area contributed by atoms with Gasteiger partial charge in [0.15, 0.2) is 0 Å². The van der Waals surface area contributed by atoms with Gasteiger partial charge in [-0.15, -0.1) is 0 Å². The van der Waals surface area contributed by atoms with Crippen molar-refractivity contribution in [2.24, 2.45) is 0 Å². The molecule has 0 aromatic rings. The summed E-state index contributed by atoms with van der Waals surface area (Å²) in [6.07, 6.45) is 11.8. The van der Waals surface area contributed by atoms with Gasteiger partial charge in [0.25, 0.3) is 0 Å². The van der Waals surface area contributed by atoms with Crippen LogP contribution in [0.3, 0.4) is 0 Å². The summed E-state index contributed by atoms with van der Waals surface area (Å²) in [5.74, 6) is 0. The van der Waals surface area contributed by atoms with E-state index in [0.29, 0.717) is 0 Å². The smallest absolute Gasteiger partial charge is 0.137 e. The van der Waals surface area contributed by atoms with Crippen LogP contribution < -0.4 is 5.32 Å². The Bertz CT molecular complexity index is 194. The van der Waals surface area contributed by atoms with E-state index in [0.717, 1.165) is 23.7 Å². The summed E-state index contributed by atoms with van der Waals surface area (Å²) in [5.41, 5.74) is 0. The zero-order valence-corrected chi connectivity index (χ0v) is 8.63. The average molecular weight is 181 g/mol. The minimum Gasteiger partial charge on any atom is -0.285 e. The Kier molecular flexibility index (Phi) is 2.70. The van der Waals surface area contributed by atoms with E-state index in [1.54, 1.807) is 0 Å². The van der Waals surface area contributed by atoms with E-state index in [-0.39, 0.29) is 0 Å². The van der Waals surface area contributed by atoms with Crippen molar-refractivity contribution in [3.8, 4) is 0 Å². The highest BCUT2D eigenvalue weighted by Gasteiger charge is 2.32. The Morgan fingerprint density at radius 2 is 2.00 bits per heavy atom. The van der Waals surface area contributed by atoms with Gasteiger partial charge in [-0.05, 0) is 31.8 Å². The monoisotopic (exact) mass is 181 g/mol. The third-order valence-electron chi connectivity index (χ3n) is 3.57. The first-order valence-electron chi connectivity index (χ1n) is 5.55. The summed E-state index contributed by atoms with van der Waals surface area (Å²) in [6.45, 7) is 2.18. The van der Waals surface area contributed by atoms with Crippen LogP contribution in [-0.4, -0.2) is 30.8 Å². The Hall–Kier alpha value is -0.340. The van der Waals surface area contributed by atoms with Crippen molar-refractivity contribution in [1.82, 2.24) is 5.32 Å². The van der Waals surface area contributed by atoms with E-state index >= 15 is 0 Å². The number of rotatable bonds is 1. The van der Waals surface area contributed by atoms with Crippen molar-refractivity contribution in [3.05, 3.63) is 12.3 Å². The lowest BCUT2D eigenvalue weighted by Gasteiger charge is -2.41. The van der Waals surface area contributed by atoms with Gasteiger partial charge in [-0.3, -0.25) is 9.80 Å². The second kappa shape index (κ2) is 3.81. The Balaban J connectivity index is 2.03. The molecule has 0 radical (unpaired) electrons. The fourth-order valence-corrected chi connectivity index (χ4v) is 2.66. The Labute approximate surface area is 81.2 Å². The van der Waals surface area contributed by atoms with Gasteiger partial charge in [0, 0.05) is 6.54 Å². The standard InChI is InChI=1S/C11H21N2/c1-13(9-5-8-12-10-13)11-6-3-2-4-7-11/h5,9,11-12H,2-4,6-8,10H2,1H3/q+1. The highest BCUT2D eigenvalue weighted by Crippen LogP contribution is 2.27. The van der Waals surface area contributed by atoms with Crippen LogP contribution in [0.15, 0.2) is 12.3 Å². The van der Waals surface area contributed by atoms with Crippen molar-refractivity contribution in [2.45, 2.75) is 38.1 Å². The Morgan fingerprint density at radius 3 is 2.62 bits per heavy atom. The lowest BCUT2D eigenvalue weighted by molar-refractivity contribution is -0.891. The molecular weight excluding hydrogens is 160 g/mol. The third kappa shape index (κ3) is 1.94. The van der Waals surface area contributed by atoms with Gasteiger partial charge < -0.3 is 0 Å². The summed E-state index contributed by atoms with van der Waals surface area (Å²) >= 11 is 0. The minimum absolute atomic E-state index is 0.873. The van der Waals surface area contributed by atoms with E-state index < -0.39 is 0 Å². The molecule has 2 nitrogen and oxygen atoms in total. The summed E-state index contributed by atoms with van der Waals surface area (Å²) < 4.78 is 1.12. The summed E-state index contributed by atoms with van der Waals surface area (Å²) in [4.78, 5) is 0. The highest BCUT2D eigenvalue weighted by atomic mass is 15.4. The van der Waals surface area contributed by atoms with Gasteiger partial charge in [-0.25, -0.2) is 0 Å². The van der Waals surface area contributed by atoms with Crippen LogP contribution in [0.4, 0.5) is 0 Å². The first-order chi connectivity index (χ1) is 6.31. The van der Waals surface area contributed by atoms with Crippen LogP contribution in [0.5, 0.6) is 0 Å². The van der Waals surface area contributed by atoms with Crippen molar-refractivity contribution in [3.63, 3.8) is 0 Å². The van der Waals surface area contributed by atoms with Crippen LogP contribution >= 0.6 is 0 Å². The van der Waals surface area contributed by atoms with Crippen molar-refractivity contribution >= 4 is 0 Å². The molecule has 13 heavy (non-hydrogen) atoms. The number of nitrogens with one attached hydrogen (secondary N) is 1. The van der Waals surface area contributed by atoms with Crippen LogP contribution in [0, 0.1) is 0 Å². The van der Waals surface area contributed by atoms with Crippen LogP contribution in [0.1, 0.15) is 32.1 Å². The molecule has 1 fully saturated rings. The van der Waals surface area contributed by atoms with Crippen LogP contribution in [-0.2, 0) is 0 Å². The second-order valence-electron chi connectivity index (χ2n) is 4.64. The molecule has 0 aromatic carbocycles. The fraction of sp³-hybridized carbons (Fsp3) is 0.818. The van der Waals surface area contributed by atoms with Gasteiger partial charge >= 0.3 is 0 Å². The molecular formula is C11H21N2+. The number of hydrogen-bond donors (Lipinski definition) is 1. The number of hydrogen-bond acceptors (Lipinski definition) is 1. The predicted octanol–water partition coefficient (Wildman–Crippen LogP) is 1.84. The van der Waals surface area contributed by atoms with Crippen molar-refractivity contribution in [1.29, 1.82) is 0 Å². The molecule has 1 saturated carbocycles. The van der Waals surface area contributed by atoms with E-state index in [1.807, 2.05) is 0 Å². The maximum absolute atomic E-state index is 3.46. The predicted molar refractivity (Wildman–Crippen MR) is 55.1 cm³/mol. The maximum Gasteiger partial charge on any atom is 0.137 e. The van der Waals surface area contributed by atoms with Gasteiger partial charge in [0.2, 0.25) is 0 Å². The maximum atomic E-state index is 3.46. The molecule has 2 rings (SSSR count). The summed E-state index contributed by atoms with van der Waals surface area (Å²) in [6, 6.07) is 0.873. The SMILES string of the molecule is C[N+]1(C2CCCCC2)C=CCNC1. The molecule has 0 spiro atoms. The normalized spacial score (nSPS) is 36.4. The fourth-order valence-electron chi connectivity index (χ4n) is 2.66. The van der Waals surface area contributed by atoms with Gasteiger partial charge in [-0.1, -0.05) is 6.42 Å². The molecule has 2 heteroatoms. The molecule has 1 heterocycles. The van der Waals surface area contributed by atoms with Crippen molar-refractivity contribution in [2.75, 3.05) is 20.3 Å². The van der Waals surface area contributed by atoms with E-state index in [2.05, 4.69) is 24.6 Å². The quantitative estimate of drug-likeness (QED) is 0.609. The molecule has 0 amide bonds. The van der Waals surface area contributed by atoms with Crippen molar-refractivity contribution < 1.29 is 4.48 Å². The molecule has 0 bridgehead atoms. The zero-order valence-electron chi connectivity index (χ0n) is 8.63. The number of quaternary nitrogens is 1. The first-order valence-corrected chi connectivity index (χ1v) is 5.55. The molecule has 0 aromatic heterocycles. The van der Waals surface area contributed by atoms with Crippen LogP contribution in [0.25, 0.3) is 0 Å². The van der Waals surface area contributed by atoms with E-state index in [1.165, 1.54) is 32.1 Å². The van der Waals surface area contributed by atoms with Gasteiger partial charge in [0.05, 0.1) is 19.3 Å². The van der Waals surface area contributed by atoms with Gasteiger partial charge in [0.1, 0.15) is 6.67 Å². The summed E-state index contributed by atoms with van der Waals surface area (Å²) in [5, 5.41) is 3.46. The second-order valence-corrected chi connectivity index (χ2v) is 4.64. The molecule has 0 saturated heterocycles. The molecule has 1 aliphatic heterocycles. The topological polar surface area (TPSA) is 12.0 Å². The Morgan fingerprint density at radius 1 is 1.23 bits per heavy atom. The van der Waals surface area contributed by atoms with E-state index in [9.17, 15) is 0 Å². The summed E-state index contributed by atoms with van der Waals surface area (Å²) in [7, 11) is 2.36. The minimum atomic E-state index is 0.873. The first kappa shape index (κ1) is 9.22. The highest BCUT2D eigenvalue weighted by molar-refractivity contribution is 4.83.